The molecule has 0 spiro atoms. The van der Waals surface area contributed by atoms with Gasteiger partial charge in [-0.2, -0.15) is 4.89 Å². The normalized spacial score (nSPS) is 7.60. The van der Waals surface area contributed by atoms with Gasteiger partial charge >= 0.3 is 5.97 Å². The smallest absolute Gasteiger partial charge is 0.339 e. The van der Waals surface area contributed by atoms with E-state index >= 15 is 0 Å². The highest BCUT2D eigenvalue weighted by Crippen LogP contribution is 1.69. The van der Waals surface area contributed by atoms with Crippen molar-refractivity contribution in [3.8, 4) is 0 Å². The van der Waals surface area contributed by atoms with Crippen molar-refractivity contribution in [2.24, 2.45) is 0 Å². The van der Waals surface area contributed by atoms with Crippen molar-refractivity contribution < 1.29 is 19.7 Å². The Morgan fingerprint density at radius 2 is 2.00 bits per heavy atom. The molecule has 4 heteroatoms. The molecule has 0 heterocycles. The van der Waals surface area contributed by atoms with Crippen molar-refractivity contribution in [3.63, 3.8) is 0 Å². The summed E-state index contributed by atoms with van der Waals surface area (Å²) in [6, 6.07) is 0. The second kappa shape index (κ2) is 11.2. The molecule has 0 aliphatic carbocycles. The summed E-state index contributed by atoms with van der Waals surface area (Å²) in [5.41, 5.74) is 0. The van der Waals surface area contributed by atoms with E-state index in [0.717, 1.165) is 6.42 Å². The summed E-state index contributed by atoms with van der Waals surface area (Å²) in [6.07, 6.45) is 0.875. The summed E-state index contributed by atoms with van der Waals surface area (Å²) in [5, 5.41) is 7.88. The fourth-order valence-electron chi connectivity index (χ4n) is 0.117. The van der Waals surface area contributed by atoms with Gasteiger partial charge in [0.05, 0.1) is 7.11 Å². The highest BCUT2D eigenvalue weighted by molar-refractivity contribution is 5.65. The van der Waals surface area contributed by atoms with Crippen molar-refractivity contribution in [2.45, 2.75) is 20.3 Å². The highest BCUT2D eigenvalue weighted by atomic mass is 17.2. The maximum Gasteiger partial charge on any atom is 0.339 e. The van der Waals surface area contributed by atoms with Gasteiger partial charge in [0.1, 0.15) is 0 Å². The quantitative estimate of drug-likeness (QED) is 0.460. The number of carbonyl (C=O) groups is 1. The molecule has 62 valence electrons. The van der Waals surface area contributed by atoms with E-state index < -0.39 is 5.97 Å². The third kappa shape index (κ3) is 26.3. The largest absolute Gasteiger partial charge is 0.396 e. The van der Waals surface area contributed by atoms with Gasteiger partial charge in [-0.1, -0.05) is 6.92 Å². The third-order valence-electron chi connectivity index (χ3n) is 0.424. The first-order valence-corrected chi connectivity index (χ1v) is 3.01. The van der Waals surface area contributed by atoms with Crippen LogP contribution >= 0.6 is 0 Å². The van der Waals surface area contributed by atoms with Gasteiger partial charge in [-0.3, -0.25) is 4.89 Å². The summed E-state index contributed by atoms with van der Waals surface area (Å²) >= 11 is 0. The molecule has 0 rings (SSSR count). The molecule has 1 N–H and O–H groups in total. The van der Waals surface area contributed by atoms with Crippen molar-refractivity contribution in [1.29, 1.82) is 0 Å². The highest BCUT2D eigenvalue weighted by Gasteiger charge is 1.83. The van der Waals surface area contributed by atoms with Gasteiger partial charge in [0.2, 0.25) is 0 Å². The molecule has 0 fully saturated rings. The summed E-state index contributed by atoms with van der Waals surface area (Å²) < 4.78 is 0. The Bertz CT molecular complexity index is 70.1. The standard InChI is InChI=1S/C3H6O3.C3H8O/c1-3(4)6-5-2;1-2-3-4/h1-2H3;4H,2-3H2,1H3. The van der Waals surface area contributed by atoms with Crippen LogP contribution in [0.4, 0.5) is 0 Å². The Morgan fingerprint density at radius 3 is 2.00 bits per heavy atom. The van der Waals surface area contributed by atoms with E-state index in [0.29, 0.717) is 6.61 Å². The summed E-state index contributed by atoms with van der Waals surface area (Å²) in [4.78, 5) is 17.6. The molecular weight excluding hydrogens is 136 g/mol. The van der Waals surface area contributed by atoms with E-state index in [1.807, 2.05) is 6.92 Å². The maximum atomic E-state index is 9.70. The Labute approximate surface area is 60.7 Å². The zero-order chi connectivity index (χ0) is 8.41. The number of aliphatic hydroxyl groups excluding tert-OH is 1. The van der Waals surface area contributed by atoms with Crippen molar-refractivity contribution in [1.82, 2.24) is 0 Å². The van der Waals surface area contributed by atoms with E-state index in [-0.39, 0.29) is 0 Å². The second-order valence-corrected chi connectivity index (χ2v) is 1.47. The molecule has 0 aliphatic rings. The first kappa shape index (κ1) is 12.1. The van der Waals surface area contributed by atoms with Gasteiger partial charge in [0.15, 0.2) is 0 Å². The molecule has 0 unspecified atom stereocenters. The lowest BCUT2D eigenvalue weighted by Gasteiger charge is -1.87. The first-order valence-electron chi connectivity index (χ1n) is 3.01. The fraction of sp³-hybridized carbons (Fsp3) is 0.833. The van der Waals surface area contributed by atoms with Crippen molar-refractivity contribution in [3.05, 3.63) is 0 Å². The van der Waals surface area contributed by atoms with Crippen LogP contribution in [0.3, 0.4) is 0 Å². The molecular formula is C6H14O4. The fourth-order valence-corrected chi connectivity index (χ4v) is 0.117. The average Bonchev–Trinajstić information content (AvgIpc) is 1.89. The number of hydrogen-bond donors (Lipinski definition) is 1. The summed E-state index contributed by atoms with van der Waals surface area (Å²) in [5.74, 6) is -0.433. The number of rotatable bonds is 2. The van der Waals surface area contributed by atoms with Crippen molar-refractivity contribution in [2.75, 3.05) is 13.7 Å². The maximum absolute atomic E-state index is 9.70. The molecule has 0 aliphatic heterocycles. The van der Waals surface area contributed by atoms with Crippen molar-refractivity contribution >= 4 is 5.97 Å². The van der Waals surface area contributed by atoms with Crippen LogP contribution in [-0.4, -0.2) is 24.8 Å². The van der Waals surface area contributed by atoms with Crippen LogP contribution in [0, 0.1) is 0 Å². The van der Waals surface area contributed by atoms with E-state index in [1.54, 1.807) is 0 Å². The predicted molar refractivity (Wildman–Crippen MR) is 36.2 cm³/mol. The van der Waals surface area contributed by atoms with E-state index in [4.69, 9.17) is 5.11 Å². The van der Waals surface area contributed by atoms with Gasteiger partial charge in [0, 0.05) is 13.5 Å². The monoisotopic (exact) mass is 150 g/mol. The van der Waals surface area contributed by atoms with Gasteiger partial charge in [0.25, 0.3) is 0 Å². The molecule has 0 radical (unpaired) electrons. The number of aliphatic hydroxyl groups is 1. The first-order chi connectivity index (χ1) is 4.68. The Balaban J connectivity index is 0. The minimum atomic E-state index is -0.433. The Kier molecular flexibility index (Phi) is 13.6. The SMILES string of the molecule is CCCO.COOC(C)=O. The number of carbonyl (C=O) groups excluding carboxylic acids is 1. The lowest BCUT2D eigenvalue weighted by Crippen LogP contribution is -1.94. The molecule has 0 atom stereocenters. The minimum absolute atomic E-state index is 0.319. The van der Waals surface area contributed by atoms with Crippen LogP contribution in [-0.2, 0) is 14.6 Å². The summed E-state index contributed by atoms with van der Waals surface area (Å²) in [6.45, 7) is 3.52. The van der Waals surface area contributed by atoms with E-state index in [9.17, 15) is 4.79 Å². The molecule has 0 saturated carbocycles. The molecule has 0 aromatic carbocycles. The van der Waals surface area contributed by atoms with E-state index in [1.165, 1.54) is 14.0 Å². The molecule has 0 amide bonds. The van der Waals surface area contributed by atoms with Gasteiger partial charge < -0.3 is 5.11 Å². The Hall–Kier alpha value is -0.610. The van der Waals surface area contributed by atoms with Crippen LogP contribution in [0.2, 0.25) is 0 Å². The minimum Gasteiger partial charge on any atom is -0.396 e. The van der Waals surface area contributed by atoms with Crippen LogP contribution in [0.15, 0.2) is 0 Å². The third-order valence-corrected chi connectivity index (χ3v) is 0.424. The molecule has 0 saturated heterocycles. The van der Waals surface area contributed by atoms with Gasteiger partial charge in [-0.15, -0.1) is 0 Å². The average molecular weight is 150 g/mol. The Morgan fingerprint density at radius 1 is 1.60 bits per heavy atom. The zero-order valence-corrected chi connectivity index (χ0v) is 6.59. The molecule has 0 aromatic heterocycles. The topological polar surface area (TPSA) is 55.8 Å². The summed E-state index contributed by atoms with van der Waals surface area (Å²) in [7, 11) is 1.28. The van der Waals surface area contributed by atoms with E-state index in [2.05, 4.69) is 9.78 Å². The van der Waals surface area contributed by atoms with Gasteiger partial charge in [-0.05, 0) is 6.42 Å². The molecule has 10 heavy (non-hydrogen) atoms. The van der Waals surface area contributed by atoms with Crippen LogP contribution < -0.4 is 0 Å². The van der Waals surface area contributed by atoms with Gasteiger partial charge in [-0.25, -0.2) is 4.79 Å². The second-order valence-electron chi connectivity index (χ2n) is 1.47. The lowest BCUT2D eigenvalue weighted by molar-refractivity contribution is -0.252. The predicted octanol–water partition coefficient (Wildman–Crippen LogP) is 0.500. The molecule has 4 nitrogen and oxygen atoms in total. The lowest BCUT2D eigenvalue weighted by atomic mass is 10.5. The number of hydrogen-bond acceptors (Lipinski definition) is 4. The molecule has 0 aromatic rings. The zero-order valence-electron chi connectivity index (χ0n) is 6.59. The van der Waals surface area contributed by atoms with Crippen LogP contribution in [0.1, 0.15) is 20.3 Å². The van der Waals surface area contributed by atoms with Crippen LogP contribution in [0.25, 0.3) is 0 Å². The molecule has 0 bridgehead atoms. The van der Waals surface area contributed by atoms with Crippen LogP contribution in [0.5, 0.6) is 0 Å².